The van der Waals surface area contributed by atoms with Gasteiger partial charge in [-0.3, -0.25) is 9.69 Å². The van der Waals surface area contributed by atoms with E-state index in [4.69, 9.17) is 4.74 Å². The Hall–Kier alpha value is -1.35. The molecule has 0 saturated heterocycles. The van der Waals surface area contributed by atoms with E-state index in [-0.39, 0.29) is 12.1 Å². The van der Waals surface area contributed by atoms with Crippen LogP contribution < -0.4 is 0 Å². The van der Waals surface area contributed by atoms with Crippen LogP contribution in [0.1, 0.15) is 25.0 Å². The molecule has 1 aromatic carbocycles. The van der Waals surface area contributed by atoms with Crippen molar-refractivity contribution < 1.29 is 9.53 Å². The number of ether oxygens (including phenoxy) is 1. The highest BCUT2D eigenvalue weighted by atomic mass is 16.5. The van der Waals surface area contributed by atoms with Gasteiger partial charge in [0.1, 0.15) is 0 Å². The molecule has 0 N–H and O–H groups in total. The van der Waals surface area contributed by atoms with Gasteiger partial charge in [0.05, 0.1) is 12.6 Å². The van der Waals surface area contributed by atoms with Gasteiger partial charge in [-0.1, -0.05) is 24.3 Å². The molecule has 3 nitrogen and oxygen atoms in total. The van der Waals surface area contributed by atoms with Crippen LogP contribution in [-0.2, 0) is 16.1 Å². The molecule has 1 aromatic rings. The van der Waals surface area contributed by atoms with E-state index in [1.165, 1.54) is 11.1 Å². The molecule has 0 unspecified atom stereocenters. The molecule has 94 valence electrons. The van der Waals surface area contributed by atoms with Crippen molar-refractivity contribution in [3.05, 3.63) is 35.4 Å². The predicted octanol–water partition coefficient (Wildman–Crippen LogP) is 2.38. The number of likely N-dealkylation sites (N-methyl/N-ethyl adjacent to an activating group) is 1. The molecule has 3 heteroatoms. The maximum Gasteiger partial charge on any atom is 0.320 e. The van der Waals surface area contributed by atoms with Crippen LogP contribution in [0.3, 0.4) is 0 Å². The third-order valence-corrected chi connectivity index (χ3v) is 2.47. The molecule has 0 saturated carbocycles. The van der Waals surface area contributed by atoms with Gasteiger partial charge in [-0.05, 0) is 38.9 Å². The zero-order chi connectivity index (χ0) is 12.8. The van der Waals surface area contributed by atoms with Crippen LogP contribution in [0.5, 0.6) is 0 Å². The Morgan fingerprint density at radius 3 is 2.59 bits per heavy atom. The van der Waals surface area contributed by atoms with Gasteiger partial charge < -0.3 is 4.74 Å². The molecule has 0 atom stereocenters. The highest BCUT2D eigenvalue weighted by molar-refractivity contribution is 5.71. The molecule has 0 aliphatic rings. The number of carbonyl (C=O) groups is 1. The zero-order valence-corrected chi connectivity index (χ0v) is 11.1. The fourth-order valence-electron chi connectivity index (χ4n) is 1.65. The summed E-state index contributed by atoms with van der Waals surface area (Å²) in [4.78, 5) is 13.4. The fraction of sp³-hybridized carbons (Fsp3) is 0.500. The van der Waals surface area contributed by atoms with E-state index in [9.17, 15) is 4.79 Å². The van der Waals surface area contributed by atoms with Crippen LogP contribution >= 0.6 is 0 Å². The molecule has 0 fully saturated rings. The first-order chi connectivity index (χ1) is 7.99. The average molecular weight is 235 g/mol. The minimum atomic E-state index is -0.170. The van der Waals surface area contributed by atoms with Crippen LogP contribution in [0.25, 0.3) is 0 Å². The van der Waals surface area contributed by atoms with Crippen molar-refractivity contribution in [2.45, 2.75) is 33.4 Å². The molecule has 0 bridgehead atoms. The van der Waals surface area contributed by atoms with E-state index in [0.717, 1.165) is 6.54 Å². The molecule has 17 heavy (non-hydrogen) atoms. The normalized spacial score (nSPS) is 10.9. The van der Waals surface area contributed by atoms with Gasteiger partial charge in [0.25, 0.3) is 0 Å². The number of hydrogen-bond donors (Lipinski definition) is 0. The standard InChI is InChI=1S/C14H21NO2/c1-11(2)17-14(16)10-15(4)9-13-8-6-5-7-12(13)3/h5-8,11H,9-10H2,1-4H3. The Morgan fingerprint density at radius 1 is 1.35 bits per heavy atom. The highest BCUT2D eigenvalue weighted by Gasteiger charge is 2.10. The SMILES string of the molecule is Cc1ccccc1CN(C)CC(=O)OC(C)C. The molecule has 0 heterocycles. The molecule has 1 rings (SSSR count). The quantitative estimate of drug-likeness (QED) is 0.734. The molecular weight excluding hydrogens is 214 g/mol. The molecule has 0 aromatic heterocycles. The first-order valence-electron chi connectivity index (χ1n) is 5.91. The highest BCUT2D eigenvalue weighted by Crippen LogP contribution is 2.09. The monoisotopic (exact) mass is 235 g/mol. The van der Waals surface area contributed by atoms with Crippen molar-refractivity contribution >= 4 is 5.97 Å². The Kier molecular flexibility index (Phi) is 5.16. The minimum Gasteiger partial charge on any atom is -0.462 e. The Labute approximate surface area is 103 Å². The summed E-state index contributed by atoms with van der Waals surface area (Å²) in [5.41, 5.74) is 2.49. The van der Waals surface area contributed by atoms with Gasteiger partial charge in [-0.25, -0.2) is 0 Å². The lowest BCUT2D eigenvalue weighted by molar-refractivity contribution is -0.148. The Morgan fingerprint density at radius 2 is 2.00 bits per heavy atom. The van der Waals surface area contributed by atoms with E-state index in [1.54, 1.807) is 0 Å². The summed E-state index contributed by atoms with van der Waals surface area (Å²) in [6.07, 6.45) is -0.0469. The van der Waals surface area contributed by atoms with Crippen molar-refractivity contribution in [1.82, 2.24) is 4.90 Å². The fourth-order valence-corrected chi connectivity index (χ4v) is 1.65. The summed E-state index contributed by atoms with van der Waals surface area (Å²) in [5, 5.41) is 0. The van der Waals surface area contributed by atoms with Crippen molar-refractivity contribution in [2.75, 3.05) is 13.6 Å². The lowest BCUT2D eigenvalue weighted by atomic mass is 10.1. The maximum atomic E-state index is 11.5. The van der Waals surface area contributed by atoms with Crippen LogP contribution in [0.15, 0.2) is 24.3 Å². The molecule has 0 spiro atoms. The van der Waals surface area contributed by atoms with Gasteiger partial charge in [-0.15, -0.1) is 0 Å². The van der Waals surface area contributed by atoms with Gasteiger partial charge >= 0.3 is 5.97 Å². The number of hydrogen-bond acceptors (Lipinski definition) is 3. The minimum absolute atomic E-state index is 0.0469. The smallest absolute Gasteiger partial charge is 0.320 e. The van der Waals surface area contributed by atoms with E-state index in [2.05, 4.69) is 19.1 Å². The lowest BCUT2D eigenvalue weighted by Gasteiger charge is -2.18. The Bertz CT molecular complexity index is 374. The summed E-state index contributed by atoms with van der Waals surface area (Å²) < 4.78 is 5.11. The number of aryl methyl sites for hydroxylation is 1. The molecule has 0 aliphatic heterocycles. The zero-order valence-electron chi connectivity index (χ0n) is 11.1. The van der Waals surface area contributed by atoms with Crippen molar-refractivity contribution in [3.8, 4) is 0 Å². The number of nitrogens with zero attached hydrogens (tertiary/aromatic N) is 1. The van der Waals surface area contributed by atoms with E-state index in [1.807, 2.05) is 37.9 Å². The van der Waals surface area contributed by atoms with E-state index >= 15 is 0 Å². The van der Waals surface area contributed by atoms with E-state index in [0.29, 0.717) is 6.54 Å². The second-order valence-electron chi connectivity index (χ2n) is 4.64. The first kappa shape index (κ1) is 13.7. The number of rotatable bonds is 5. The summed E-state index contributed by atoms with van der Waals surface area (Å²) in [6.45, 7) is 6.89. The topological polar surface area (TPSA) is 29.5 Å². The lowest BCUT2D eigenvalue weighted by Crippen LogP contribution is -2.28. The van der Waals surface area contributed by atoms with E-state index < -0.39 is 0 Å². The van der Waals surface area contributed by atoms with Crippen LogP contribution in [0.2, 0.25) is 0 Å². The van der Waals surface area contributed by atoms with Crippen molar-refractivity contribution in [1.29, 1.82) is 0 Å². The van der Waals surface area contributed by atoms with Gasteiger partial charge in [-0.2, -0.15) is 0 Å². The largest absolute Gasteiger partial charge is 0.462 e. The molecular formula is C14H21NO2. The second-order valence-corrected chi connectivity index (χ2v) is 4.64. The van der Waals surface area contributed by atoms with Crippen LogP contribution in [-0.4, -0.2) is 30.6 Å². The maximum absolute atomic E-state index is 11.5. The predicted molar refractivity (Wildman–Crippen MR) is 68.7 cm³/mol. The average Bonchev–Trinajstić information content (AvgIpc) is 2.19. The first-order valence-corrected chi connectivity index (χ1v) is 5.91. The third kappa shape index (κ3) is 5.00. The molecule has 0 amide bonds. The van der Waals surface area contributed by atoms with Gasteiger partial charge in [0.15, 0.2) is 0 Å². The summed E-state index contributed by atoms with van der Waals surface area (Å²) >= 11 is 0. The summed E-state index contributed by atoms with van der Waals surface area (Å²) in [5.74, 6) is -0.170. The third-order valence-electron chi connectivity index (χ3n) is 2.47. The van der Waals surface area contributed by atoms with Crippen molar-refractivity contribution in [3.63, 3.8) is 0 Å². The summed E-state index contributed by atoms with van der Waals surface area (Å²) in [7, 11) is 1.92. The number of benzene rings is 1. The Balaban J connectivity index is 2.47. The number of esters is 1. The second kappa shape index (κ2) is 6.40. The van der Waals surface area contributed by atoms with Crippen LogP contribution in [0, 0.1) is 6.92 Å². The molecule has 0 radical (unpaired) electrons. The number of carbonyl (C=O) groups excluding carboxylic acids is 1. The molecule has 0 aliphatic carbocycles. The summed E-state index contributed by atoms with van der Waals surface area (Å²) in [6, 6.07) is 8.20. The van der Waals surface area contributed by atoms with Crippen molar-refractivity contribution in [2.24, 2.45) is 0 Å². The van der Waals surface area contributed by atoms with Crippen LogP contribution in [0.4, 0.5) is 0 Å². The van der Waals surface area contributed by atoms with Gasteiger partial charge in [0.2, 0.25) is 0 Å². The van der Waals surface area contributed by atoms with Gasteiger partial charge in [0, 0.05) is 6.54 Å².